The van der Waals surface area contributed by atoms with Crippen molar-refractivity contribution in [3.8, 4) is 0 Å². The van der Waals surface area contributed by atoms with E-state index in [1.807, 2.05) is 0 Å². The Morgan fingerprint density at radius 3 is 2.74 bits per heavy atom. The molecular weight excluding hydrogens is 465 g/mol. The molecule has 3 unspecified atom stereocenters. The normalized spacial score (nSPS) is 30.1. The molecule has 1 aliphatic carbocycles. The molecule has 3 atom stereocenters. The van der Waals surface area contributed by atoms with Gasteiger partial charge in [-0.25, -0.2) is 8.78 Å². The van der Waals surface area contributed by atoms with Gasteiger partial charge in [-0.3, -0.25) is 9.79 Å². The molecule has 2 saturated heterocycles. The van der Waals surface area contributed by atoms with E-state index in [-0.39, 0.29) is 52.8 Å². The lowest BCUT2D eigenvalue weighted by atomic mass is 9.79. The second-order valence-electron chi connectivity index (χ2n) is 7.75. The minimum Gasteiger partial charge on any atom is -0.355 e. The van der Waals surface area contributed by atoms with Crippen LogP contribution in [0.15, 0.2) is 23.2 Å². The van der Waals surface area contributed by atoms with Gasteiger partial charge in [0, 0.05) is 56.0 Å². The summed E-state index contributed by atoms with van der Waals surface area (Å²) in [6.45, 7) is 2.36. The van der Waals surface area contributed by atoms with Crippen molar-refractivity contribution in [1.82, 2.24) is 15.5 Å². The maximum absolute atomic E-state index is 14.0. The summed E-state index contributed by atoms with van der Waals surface area (Å²) in [5.41, 5.74) is 0.147. The zero-order chi connectivity index (χ0) is 18.3. The first-order chi connectivity index (χ1) is 12.5. The first-order valence-corrected chi connectivity index (χ1v) is 9.20. The molecule has 0 aromatic heterocycles. The molecule has 0 radical (unpaired) electrons. The summed E-state index contributed by atoms with van der Waals surface area (Å²) in [7, 11) is 1.72. The van der Waals surface area contributed by atoms with Gasteiger partial charge in [0.05, 0.1) is 0 Å². The van der Waals surface area contributed by atoms with E-state index in [0.717, 1.165) is 31.9 Å². The van der Waals surface area contributed by atoms with Crippen LogP contribution in [0, 0.1) is 17.0 Å². The van der Waals surface area contributed by atoms with E-state index in [1.165, 1.54) is 18.2 Å². The van der Waals surface area contributed by atoms with E-state index in [9.17, 15) is 13.6 Å². The number of benzene rings is 1. The molecule has 2 heterocycles. The van der Waals surface area contributed by atoms with Crippen LogP contribution in [0.2, 0.25) is 0 Å². The van der Waals surface area contributed by atoms with Gasteiger partial charge < -0.3 is 15.5 Å². The molecule has 27 heavy (non-hydrogen) atoms. The zero-order valence-electron chi connectivity index (χ0n) is 15.3. The van der Waals surface area contributed by atoms with Crippen molar-refractivity contribution in [2.24, 2.45) is 10.4 Å². The van der Waals surface area contributed by atoms with Crippen molar-refractivity contribution in [3.05, 3.63) is 35.4 Å². The van der Waals surface area contributed by atoms with E-state index in [2.05, 4.69) is 20.5 Å². The third kappa shape index (κ3) is 4.05. The average Bonchev–Trinajstić information content (AvgIpc) is 3.27. The number of amides is 1. The van der Waals surface area contributed by atoms with Crippen LogP contribution in [0.1, 0.15) is 37.2 Å². The van der Waals surface area contributed by atoms with Crippen molar-refractivity contribution in [3.63, 3.8) is 0 Å². The Bertz CT molecular complexity index is 739. The molecule has 1 saturated carbocycles. The number of rotatable bonds is 2. The average molecular weight is 490 g/mol. The largest absolute Gasteiger partial charge is 0.355 e. The van der Waals surface area contributed by atoms with Gasteiger partial charge in [-0.2, -0.15) is 0 Å². The van der Waals surface area contributed by atoms with Crippen LogP contribution in [0.4, 0.5) is 8.78 Å². The molecule has 4 rings (SSSR count). The highest BCUT2D eigenvalue weighted by Crippen LogP contribution is 2.43. The van der Waals surface area contributed by atoms with Gasteiger partial charge in [-0.15, -0.1) is 24.0 Å². The third-order valence-corrected chi connectivity index (χ3v) is 5.84. The van der Waals surface area contributed by atoms with E-state index in [0.29, 0.717) is 19.4 Å². The minimum absolute atomic E-state index is 0. The Labute approximate surface area is 175 Å². The van der Waals surface area contributed by atoms with Gasteiger partial charge in [0.2, 0.25) is 5.91 Å². The Hall–Kier alpha value is -1.45. The Morgan fingerprint density at radius 1 is 1.37 bits per heavy atom. The summed E-state index contributed by atoms with van der Waals surface area (Å²) in [4.78, 5) is 18.2. The van der Waals surface area contributed by atoms with Crippen molar-refractivity contribution in [2.45, 2.75) is 37.6 Å². The maximum Gasteiger partial charge on any atom is 0.220 e. The summed E-state index contributed by atoms with van der Waals surface area (Å²) < 4.78 is 28.0. The molecule has 0 bridgehead atoms. The number of likely N-dealkylation sites (tertiary alicyclic amines) is 1. The van der Waals surface area contributed by atoms with Crippen LogP contribution in [-0.2, 0) is 4.79 Å². The van der Waals surface area contributed by atoms with E-state index in [4.69, 9.17) is 0 Å². The number of hydrogen-bond donors (Lipinski definition) is 2. The Morgan fingerprint density at radius 2 is 2.11 bits per heavy atom. The molecule has 148 valence electrons. The van der Waals surface area contributed by atoms with E-state index < -0.39 is 11.6 Å². The van der Waals surface area contributed by atoms with Crippen LogP contribution >= 0.6 is 24.0 Å². The Balaban J connectivity index is 0.00000210. The smallest absolute Gasteiger partial charge is 0.220 e. The van der Waals surface area contributed by atoms with Gasteiger partial charge in [0.15, 0.2) is 5.96 Å². The monoisotopic (exact) mass is 490 g/mol. The summed E-state index contributed by atoms with van der Waals surface area (Å²) in [5.74, 6) is -0.260. The second-order valence-corrected chi connectivity index (χ2v) is 7.75. The quantitative estimate of drug-likeness (QED) is 0.381. The van der Waals surface area contributed by atoms with Gasteiger partial charge in [-0.05, 0) is 31.4 Å². The lowest BCUT2D eigenvalue weighted by Crippen LogP contribution is -2.51. The fourth-order valence-electron chi connectivity index (χ4n) is 4.43. The number of carbonyl (C=O) groups excluding carboxylic acids is 1. The van der Waals surface area contributed by atoms with Crippen molar-refractivity contribution < 1.29 is 13.6 Å². The van der Waals surface area contributed by atoms with Crippen LogP contribution in [0.3, 0.4) is 0 Å². The first-order valence-electron chi connectivity index (χ1n) is 9.20. The maximum atomic E-state index is 14.0. The number of nitrogens with zero attached hydrogens (tertiary/aromatic N) is 2. The minimum atomic E-state index is -0.484. The number of hydrogen-bond acceptors (Lipinski definition) is 2. The number of nitrogens with one attached hydrogen (secondary N) is 2. The van der Waals surface area contributed by atoms with Gasteiger partial charge in [-0.1, -0.05) is 6.07 Å². The molecule has 1 amide bonds. The molecular formula is C19H25F2IN4O. The predicted molar refractivity (Wildman–Crippen MR) is 110 cm³/mol. The molecule has 1 aromatic carbocycles. The van der Waals surface area contributed by atoms with Crippen molar-refractivity contribution >= 4 is 35.8 Å². The van der Waals surface area contributed by atoms with Crippen molar-refractivity contribution in [2.75, 3.05) is 26.7 Å². The van der Waals surface area contributed by atoms with E-state index in [1.54, 1.807) is 7.05 Å². The highest BCUT2D eigenvalue weighted by molar-refractivity contribution is 14.0. The Kier molecular flexibility index (Phi) is 5.93. The number of guanidine groups is 1. The van der Waals surface area contributed by atoms with E-state index >= 15 is 0 Å². The molecule has 8 heteroatoms. The molecule has 1 aromatic rings. The summed E-state index contributed by atoms with van der Waals surface area (Å²) >= 11 is 0. The van der Waals surface area contributed by atoms with Gasteiger partial charge in [0.25, 0.3) is 0 Å². The van der Waals surface area contributed by atoms with Crippen molar-refractivity contribution in [1.29, 1.82) is 0 Å². The van der Waals surface area contributed by atoms with Crippen LogP contribution < -0.4 is 10.6 Å². The fraction of sp³-hybridized carbons (Fsp3) is 0.579. The molecule has 3 fully saturated rings. The standard InChI is InChI=1S/C19H24F2N4O.HI/c1-22-18(25-7-3-6-19(11-25)9-16(26)23-10-19)24-15-8-12(15)17-13(20)4-2-5-14(17)21;/h2,4-5,12,15H,3,6-11H2,1H3,(H,22,24)(H,23,26);1H. The number of carbonyl (C=O) groups is 1. The lowest BCUT2D eigenvalue weighted by molar-refractivity contribution is -0.119. The molecule has 1 spiro atoms. The topological polar surface area (TPSA) is 56.7 Å². The summed E-state index contributed by atoms with van der Waals surface area (Å²) in [6.07, 6.45) is 3.29. The molecule has 3 aliphatic rings. The lowest BCUT2D eigenvalue weighted by Gasteiger charge is -2.40. The number of halogens is 3. The summed E-state index contributed by atoms with van der Waals surface area (Å²) in [5, 5.41) is 6.31. The molecule has 5 nitrogen and oxygen atoms in total. The third-order valence-electron chi connectivity index (χ3n) is 5.84. The van der Waals surface area contributed by atoms with Gasteiger partial charge >= 0.3 is 0 Å². The number of piperidine rings is 1. The molecule has 2 aliphatic heterocycles. The number of aliphatic imine (C=N–C) groups is 1. The first kappa shape index (κ1) is 20.3. The SMILES string of the molecule is CN=C(NC1CC1c1c(F)cccc1F)N1CCCC2(CNC(=O)C2)C1.I. The fourth-order valence-corrected chi connectivity index (χ4v) is 4.43. The highest BCUT2D eigenvalue weighted by Gasteiger charge is 2.45. The van der Waals surface area contributed by atoms with Crippen LogP contribution in [0.5, 0.6) is 0 Å². The van der Waals surface area contributed by atoms with Crippen LogP contribution in [-0.4, -0.2) is 49.5 Å². The highest BCUT2D eigenvalue weighted by atomic mass is 127. The second kappa shape index (κ2) is 7.89. The van der Waals surface area contributed by atoms with Gasteiger partial charge in [0.1, 0.15) is 11.6 Å². The summed E-state index contributed by atoms with van der Waals surface area (Å²) in [6, 6.07) is 3.99. The van der Waals surface area contributed by atoms with Crippen LogP contribution in [0.25, 0.3) is 0 Å². The molecule has 2 N–H and O–H groups in total. The predicted octanol–water partition coefficient (Wildman–Crippen LogP) is 2.62. The zero-order valence-corrected chi connectivity index (χ0v) is 17.6.